The third-order valence-electron chi connectivity index (χ3n) is 16.0. The molecule has 12 nitrogen and oxygen atoms in total. The molecule has 5 aliphatic heterocycles. The molecule has 6 aliphatic rings. The van der Waals surface area contributed by atoms with Crippen molar-refractivity contribution >= 4 is 57.5 Å². The molecule has 0 saturated carbocycles. The molecule has 0 bridgehead atoms. The maximum absolute atomic E-state index is 15.7. The molecule has 4 aromatic rings. The predicted molar refractivity (Wildman–Crippen MR) is 265 cm³/mol. The first kappa shape index (κ1) is 45.8. The number of imide groups is 1. The van der Waals surface area contributed by atoms with Crippen LogP contribution in [-0.2, 0) is 29.0 Å². The number of anilines is 6. The summed E-state index contributed by atoms with van der Waals surface area (Å²) in [5, 5.41) is 9.65. The van der Waals surface area contributed by atoms with Crippen molar-refractivity contribution in [3.8, 4) is 5.88 Å². The van der Waals surface area contributed by atoms with Gasteiger partial charge in [-0.25, -0.2) is 9.37 Å². The number of benzene rings is 3. The van der Waals surface area contributed by atoms with Gasteiger partial charge in [0.05, 0.1) is 17.6 Å². The van der Waals surface area contributed by atoms with Crippen LogP contribution in [0.3, 0.4) is 0 Å². The summed E-state index contributed by atoms with van der Waals surface area (Å²) < 4.78 is 21.5. The number of hydrogen-bond acceptors (Lipinski definition) is 11. The molecule has 1 aromatic heterocycles. The number of hydrogen-bond donors (Lipinski definition) is 3. The highest BCUT2D eigenvalue weighted by Gasteiger charge is 2.36. The van der Waals surface area contributed by atoms with E-state index >= 15 is 4.39 Å². The molecule has 3 unspecified atom stereocenters. The number of nitrogens with zero attached hydrogens (tertiary/aromatic N) is 4. The minimum atomic E-state index is -0.542. The van der Waals surface area contributed by atoms with Gasteiger partial charge in [-0.15, -0.1) is 0 Å². The zero-order valence-electron chi connectivity index (χ0n) is 39.8. The molecule has 13 heteroatoms. The SMILES string of the molecule is CCc1cc2c(cc1Nc1ccc(N3CCC(CCC4CCCN(c5cc6c(cc5F)C(=O)CC(CCC5CCC(=O)NC5=O)C6=O)CC4)CC3)cc1)CN(c1cnc3c(c1C)NCCO3)CC2. The van der Waals surface area contributed by atoms with Gasteiger partial charge in [0.25, 0.3) is 0 Å². The van der Waals surface area contributed by atoms with Crippen molar-refractivity contribution in [2.75, 3.05) is 71.2 Å². The molecule has 358 valence electrons. The Morgan fingerprint density at radius 3 is 2.32 bits per heavy atom. The van der Waals surface area contributed by atoms with Crippen LogP contribution in [-0.4, -0.2) is 74.2 Å². The van der Waals surface area contributed by atoms with E-state index in [-0.39, 0.29) is 47.7 Å². The van der Waals surface area contributed by atoms with Crippen molar-refractivity contribution in [1.29, 1.82) is 0 Å². The van der Waals surface area contributed by atoms with Gasteiger partial charge in [0.2, 0.25) is 17.7 Å². The largest absolute Gasteiger partial charge is 0.474 e. The lowest BCUT2D eigenvalue weighted by atomic mass is 9.77. The van der Waals surface area contributed by atoms with E-state index in [1.165, 1.54) is 65.4 Å². The number of carbonyl (C=O) groups is 4. The predicted octanol–water partition coefficient (Wildman–Crippen LogP) is 9.72. The van der Waals surface area contributed by atoms with Crippen LogP contribution in [0, 0.1) is 36.4 Å². The smallest absolute Gasteiger partial charge is 0.237 e. The Labute approximate surface area is 399 Å². The molecule has 3 fully saturated rings. The number of piperidine rings is 2. The van der Waals surface area contributed by atoms with Crippen molar-refractivity contribution in [2.45, 2.75) is 110 Å². The maximum Gasteiger partial charge on any atom is 0.237 e. The van der Waals surface area contributed by atoms with Gasteiger partial charge in [-0.2, -0.15) is 0 Å². The third kappa shape index (κ3) is 9.67. The van der Waals surface area contributed by atoms with Gasteiger partial charge in [-0.05, 0) is 142 Å². The minimum absolute atomic E-state index is 0.0232. The summed E-state index contributed by atoms with van der Waals surface area (Å²) in [4.78, 5) is 62.5. The summed E-state index contributed by atoms with van der Waals surface area (Å²) in [6.07, 6.45) is 13.3. The number of fused-ring (bicyclic) bond motifs is 3. The molecule has 1 aliphatic carbocycles. The number of aryl methyl sites for hydroxylation is 1. The van der Waals surface area contributed by atoms with E-state index in [4.69, 9.17) is 4.74 Å². The van der Waals surface area contributed by atoms with Crippen LogP contribution in [0.15, 0.2) is 54.7 Å². The zero-order valence-corrected chi connectivity index (χ0v) is 39.8. The summed E-state index contributed by atoms with van der Waals surface area (Å²) in [6, 6.07) is 16.6. The number of amides is 2. The number of nitrogens with one attached hydrogen (secondary N) is 3. The van der Waals surface area contributed by atoms with E-state index in [0.717, 1.165) is 88.4 Å². The standard InChI is InChI=1S/C55H66FN7O5/c1-3-37-27-39-19-25-63(49-32-58-55-52(34(49)2)57-20-26-68-55)33-41(39)28-47(37)59-42-11-13-43(14-12-42)61-22-16-36(17-23-61)7-6-35-5-4-21-62(24-18-35)48-31-45-44(30-46(48)56)50(64)29-40(53(45)66)9-8-38-10-15-51(65)60-54(38)67/h11-14,27-28,30-32,35-36,38,40,57,59H,3-10,15-26,29,33H2,1-2H3,(H,60,65,67). The second-order valence-electron chi connectivity index (χ2n) is 20.3. The number of rotatable bonds is 12. The summed E-state index contributed by atoms with van der Waals surface area (Å²) in [5.41, 5.74) is 11.9. The Bertz CT molecular complexity index is 2570. The number of carbonyl (C=O) groups excluding carboxylic acids is 4. The van der Waals surface area contributed by atoms with Gasteiger partial charge in [0.15, 0.2) is 11.6 Å². The van der Waals surface area contributed by atoms with Gasteiger partial charge >= 0.3 is 0 Å². The minimum Gasteiger partial charge on any atom is -0.474 e. The summed E-state index contributed by atoms with van der Waals surface area (Å²) in [7, 11) is 0. The fourth-order valence-corrected chi connectivity index (χ4v) is 11.9. The lowest BCUT2D eigenvalue weighted by molar-refractivity contribution is -0.136. The quantitative estimate of drug-likeness (QED) is 0.117. The Hall–Kier alpha value is -5.98. The fraction of sp³-hybridized carbons (Fsp3) is 0.509. The van der Waals surface area contributed by atoms with E-state index in [1.54, 1.807) is 6.07 Å². The van der Waals surface area contributed by atoms with Gasteiger partial charge in [-0.1, -0.05) is 25.8 Å². The maximum atomic E-state index is 15.7. The van der Waals surface area contributed by atoms with Crippen LogP contribution < -0.4 is 35.4 Å². The van der Waals surface area contributed by atoms with Crippen LogP contribution in [0.25, 0.3) is 0 Å². The van der Waals surface area contributed by atoms with E-state index in [0.29, 0.717) is 61.4 Å². The van der Waals surface area contributed by atoms with E-state index in [2.05, 4.69) is 85.9 Å². The molecular weight excluding hydrogens is 858 g/mol. The van der Waals surface area contributed by atoms with Gasteiger partial charge in [-0.3, -0.25) is 24.5 Å². The van der Waals surface area contributed by atoms with Crippen molar-refractivity contribution in [1.82, 2.24) is 10.3 Å². The molecule has 0 radical (unpaired) electrons. The molecule has 2 amide bonds. The molecule has 3 aromatic carbocycles. The number of Topliss-reactive ketones (excluding diaryl/α,β-unsaturated/α-hetero) is 2. The molecule has 68 heavy (non-hydrogen) atoms. The molecule has 3 N–H and O–H groups in total. The third-order valence-corrected chi connectivity index (χ3v) is 16.0. The first-order valence-corrected chi connectivity index (χ1v) is 25.5. The van der Waals surface area contributed by atoms with Gasteiger partial charge in [0, 0.05) is 104 Å². The first-order chi connectivity index (χ1) is 33.1. The number of halogens is 1. The lowest BCUT2D eigenvalue weighted by Crippen LogP contribution is -2.41. The van der Waals surface area contributed by atoms with E-state index < -0.39 is 11.7 Å². The zero-order chi connectivity index (χ0) is 46.9. The van der Waals surface area contributed by atoms with Crippen LogP contribution in [0.4, 0.5) is 38.5 Å². The summed E-state index contributed by atoms with van der Waals surface area (Å²) in [6.45, 7) is 11.2. The molecule has 3 atom stereocenters. The average molecular weight is 924 g/mol. The van der Waals surface area contributed by atoms with E-state index in [1.807, 2.05) is 6.20 Å². The topological polar surface area (TPSA) is 136 Å². The van der Waals surface area contributed by atoms with Crippen molar-refractivity contribution in [3.05, 3.63) is 93.9 Å². The molecular formula is C55H66FN7O5. The van der Waals surface area contributed by atoms with Crippen molar-refractivity contribution in [3.63, 3.8) is 0 Å². The average Bonchev–Trinajstić information content (AvgIpc) is 3.60. The first-order valence-electron chi connectivity index (χ1n) is 25.5. The Morgan fingerprint density at radius 1 is 0.779 bits per heavy atom. The highest BCUT2D eigenvalue weighted by Crippen LogP contribution is 2.40. The van der Waals surface area contributed by atoms with E-state index in [9.17, 15) is 19.2 Å². The van der Waals surface area contributed by atoms with Gasteiger partial charge < -0.3 is 30.1 Å². The molecule has 10 rings (SSSR count). The molecule has 6 heterocycles. The molecule has 3 saturated heterocycles. The van der Waals surface area contributed by atoms with Crippen molar-refractivity contribution < 1.29 is 28.3 Å². The second kappa shape index (κ2) is 19.9. The molecule has 0 spiro atoms. The monoisotopic (exact) mass is 924 g/mol. The number of ether oxygens (including phenoxy) is 1. The normalized spacial score (nSPS) is 22.1. The van der Waals surface area contributed by atoms with Crippen LogP contribution in [0.2, 0.25) is 0 Å². The van der Waals surface area contributed by atoms with Crippen molar-refractivity contribution in [2.24, 2.45) is 23.7 Å². The Kier molecular flexibility index (Phi) is 13.4. The summed E-state index contributed by atoms with van der Waals surface area (Å²) in [5.74, 6) is -0.307. The summed E-state index contributed by atoms with van der Waals surface area (Å²) >= 11 is 0. The number of ketones is 2. The fourth-order valence-electron chi connectivity index (χ4n) is 11.9. The second-order valence-corrected chi connectivity index (χ2v) is 20.3. The van der Waals surface area contributed by atoms with Gasteiger partial charge in [0.1, 0.15) is 18.1 Å². The Morgan fingerprint density at radius 2 is 1.54 bits per heavy atom. The van der Waals surface area contributed by atoms with Crippen LogP contribution >= 0.6 is 0 Å². The Balaban J connectivity index is 0.694. The van der Waals surface area contributed by atoms with Crippen LogP contribution in [0.1, 0.15) is 127 Å². The number of aromatic nitrogens is 1. The van der Waals surface area contributed by atoms with Crippen LogP contribution in [0.5, 0.6) is 5.88 Å². The highest BCUT2D eigenvalue weighted by molar-refractivity contribution is 6.15. The number of pyridine rings is 1. The highest BCUT2D eigenvalue weighted by atomic mass is 19.1. The lowest BCUT2D eigenvalue weighted by Gasteiger charge is -2.34.